The van der Waals surface area contributed by atoms with Gasteiger partial charge in [-0.25, -0.2) is 4.39 Å². The van der Waals surface area contributed by atoms with Crippen molar-refractivity contribution in [2.75, 3.05) is 20.1 Å². The highest BCUT2D eigenvalue weighted by Gasteiger charge is 2.04. The summed E-state index contributed by atoms with van der Waals surface area (Å²) in [6.07, 6.45) is 1.23. The van der Waals surface area contributed by atoms with Gasteiger partial charge in [-0.05, 0) is 35.2 Å². The van der Waals surface area contributed by atoms with Gasteiger partial charge in [0, 0.05) is 26.7 Å². The molecule has 0 spiro atoms. The number of benzene rings is 2. The molecule has 1 amide bonds. The predicted octanol–water partition coefficient (Wildman–Crippen LogP) is 2.41. The Morgan fingerprint density at radius 2 is 1.63 bits per heavy atom. The largest absolute Gasteiger partial charge is 0.355 e. The lowest BCUT2D eigenvalue weighted by Gasteiger charge is -2.14. The van der Waals surface area contributed by atoms with E-state index in [9.17, 15) is 9.18 Å². The van der Waals surface area contributed by atoms with Crippen molar-refractivity contribution in [2.45, 2.75) is 26.3 Å². The van der Waals surface area contributed by atoms with E-state index < -0.39 is 0 Å². The fourth-order valence-electron chi connectivity index (χ4n) is 2.71. The van der Waals surface area contributed by atoms with Crippen LogP contribution in [0.15, 0.2) is 53.5 Å². The molecule has 0 aliphatic carbocycles. The molecule has 27 heavy (non-hydrogen) atoms. The number of halogens is 1. The number of carbonyl (C=O) groups is 1. The van der Waals surface area contributed by atoms with E-state index in [0.29, 0.717) is 25.6 Å². The van der Waals surface area contributed by atoms with Crippen molar-refractivity contribution in [3.8, 4) is 0 Å². The summed E-state index contributed by atoms with van der Waals surface area (Å²) in [5.74, 6) is 0.292. The molecule has 2 rings (SSSR count). The van der Waals surface area contributed by atoms with Gasteiger partial charge in [-0.1, -0.05) is 43.3 Å². The molecule has 0 saturated carbocycles. The van der Waals surface area contributed by atoms with Crippen molar-refractivity contribution in [1.29, 1.82) is 0 Å². The van der Waals surface area contributed by atoms with Crippen LogP contribution in [0.25, 0.3) is 0 Å². The van der Waals surface area contributed by atoms with Gasteiger partial charge in [0.25, 0.3) is 0 Å². The first-order valence-corrected chi connectivity index (χ1v) is 9.14. The number of hydrogen-bond donors (Lipinski definition) is 3. The standard InChI is InChI=1S/C21H27FN4O/c1-3-17-6-4-5-7-18(17)15-26-21(23-2)25-13-12-24-20(27)14-16-8-10-19(22)11-9-16/h4-11H,3,12-15H2,1-2H3,(H,24,27)(H2,23,25,26). The van der Waals surface area contributed by atoms with Crippen molar-refractivity contribution in [3.05, 3.63) is 71.0 Å². The Bertz CT molecular complexity index is 759. The maximum absolute atomic E-state index is 12.9. The molecule has 0 aliphatic rings. The molecule has 0 aliphatic heterocycles. The summed E-state index contributed by atoms with van der Waals surface area (Å²) >= 11 is 0. The first-order valence-electron chi connectivity index (χ1n) is 9.14. The van der Waals surface area contributed by atoms with E-state index in [1.807, 2.05) is 12.1 Å². The molecule has 6 heteroatoms. The van der Waals surface area contributed by atoms with Crippen LogP contribution in [0.5, 0.6) is 0 Å². The van der Waals surface area contributed by atoms with Crippen LogP contribution in [0, 0.1) is 5.82 Å². The molecule has 144 valence electrons. The van der Waals surface area contributed by atoms with E-state index in [1.165, 1.54) is 23.3 Å². The first-order chi connectivity index (χ1) is 13.1. The summed E-state index contributed by atoms with van der Waals surface area (Å²) in [4.78, 5) is 16.1. The minimum Gasteiger partial charge on any atom is -0.355 e. The van der Waals surface area contributed by atoms with E-state index in [0.717, 1.165) is 12.0 Å². The van der Waals surface area contributed by atoms with Gasteiger partial charge in [-0.3, -0.25) is 9.79 Å². The summed E-state index contributed by atoms with van der Waals surface area (Å²) in [5.41, 5.74) is 3.35. The fraction of sp³-hybridized carbons (Fsp3) is 0.333. The van der Waals surface area contributed by atoms with E-state index in [4.69, 9.17) is 0 Å². The third-order valence-electron chi connectivity index (χ3n) is 4.19. The molecule has 0 heterocycles. The van der Waals surface area contributed by atoms with Crippen molar-refractivity contribution in [1.82, 2.24) is 16.0 Å². The summed E-state index contributed by atoms with van der Waals surface area (Å²) in [6.45, 7) is 3.87. The smallest absolute Gasteiger partial charge is 0.224 e. The molecular formula is C21H27FN4O. The molecule has 0 aromatic heterocycles. The normalized spacial score (nSPS) is 11.1. The third-order valence-corrected chi connectivity index (χ3v) is 4.19. The van der Waals surface area contributed by atoms with Gasteiger partial charge in [-0.2, -0.15) is 0 Å². The molecule has 0 atom stereocenters. The zero-order valence-electron chi connectivity index (χ0n) is 15.9. The zero-order chi connectivity index (χ0) is 19.5. The van der Waals surface area contributed by atoms with Crippen molar-refractivity contribution in [3.63, 3.8) is 0 Å². The minimum absolute atomic E-state index is 0.0942. The Labute approximate surface area is 160 Å². The molecule has 2 aromatic carbocycles. The lowest BCUT2D eigenvalue weighted by atomic mass is 10.1. The molecular weight excluding hydrogens is 343 g/mol. The highest BCUT2D eigenvalue weighted by atomic mass is 19.1. The van der Waals surface area contributed by atoms with Crippen LogP contribution in [0.3, 0.4) is 0 Å². The Balaban J connectivity index is 1.68. The first kappa shape index (κ1) is 20.4. The van der Waals surface area contributed by atoms with Crippen LogP contribution in [0.4, 0.5) is 4.39 Å². The summed E-state index contributed by atoms with van der Waals surface area (Å²) in [6, 6.07) is 14.3. The van der Waals surface area contributed by atoms with Crippen molar-refractivity contribution < 1.29 is 9.18 Å². The van der Waals surface area contributed by atoms with Gasteiger partial charge >= 0.3 is 0 Å². The average Bonchev–Trinajstić information content (AvgIpc) is 2.69. The molecule has 0 fully saturated rings. The fourth-order valence-corrected chi connectivity index (χ4v) is 2.71. The summed E-state index contributed by atoms with van der Waals surface area (Å²) in [5, 5.41) is 9.30. The number of guanidine groups is 1. The van der Waals surface area contributed by atoms with Gasteiger partial charge in [0.05, 0.1) is 6.42 Å². The van der Waals surface area contributed by atoms with E-state index >= 15 is 0 Å². The third kappa shape index (κ3) is 7.09. The van der Waals surface area contributed by atoms with Gasteiger partial charge in [0.2, 0.25) is 5.91 Å². The Kier molecular flexibility index (Phi) is 8.29. The number of carbonyl (C=O) groups excluding carboxylic acids is 1. The minimum atomic E-state index is -0.302. The molecule has 3 N–H and O–H groups in total. The molecule has 0 unspecified atom stereocenters. The molecule has 0 saturated heterocycles. The lowest BCUT2D eigenvalue weighted by molar-refractivity contribution is -0.120. The number of amides is 1. The zero-order valence-corrected chi connectivity index (χ0v) is 15.9. The summed E-state index contributed by atoms with van der Waals surface area (Å²) < 4.78 is 12.9. The molecule has 0 radical (unpaired) electrons. The second-order valence-corrected chi connectivity index (χ2v) is 6.13. The predicted molar refractivity (Wildman–Crippen MR) is 107 cm³/mol. The number of nitrogens with one attached hydrogen (secondary N) is 3. The molecule has 0 bridgehead atoms. The van der Waals surface area contributed by atoms with Gasteiger partial charge in [0.15, 0.2) is 5.96 Å². The van der Waals surface area contributed by atoms with E-state index in [1.54, 1.807) is 19.2 Å². The van der Waals surface area contributed by atoms with Crippen LogP contribution in [0.1, 0.15) is 23.6 Å². The van der Waals surface area contributed by atoms with Crippen LogP contribution in [-0.2, 0) is 24.2 Å². The van der Waals surface area contributed by atoms with Crippen molar-refractivity contribution in [2.24, 2.45) is 4.99 Å². The van der Waals surface area contributed by atoms with Crippen LogP contribution in [-0.4, -0.2) is 32.0 Å². The number of nitrogens with zero attached hydrogens (tertiary/aromatic N) is 1. The maximum Gasteiger partial charge on any atom is 0.224 e. The lowest BCUT2D eigenvalue weighted by Crippen LogP contribution is -2.41. The van der Waals surface area contributed by atoms with Crippen LogP contribution >= 0.6 is 0 Å². The van der Waals surface area contributed by atoms with E-state index in [-0.39, 0.29) is 18.1 Å². The Hall–Kier alpha value is -2.89. The number of rotatable bonds is 8. The average molecular weight is 370 g/mol. The maximum atomic E-state index is 12.9. The summed E-state index contributed by atoms with van der Waals surface area (Å²) in [7, 11) is 1.72. The van der Waals surface area contributed by atoms with Crippen LogP contribution in [0.2, 0.25) is 0 Å². The second kappa shape index (κ2) is 11.0. The number of aryl methyl sites for hydroxylation is 1. The number of hydrogen-bond acceptors (Lipinski definition) is 2. The van der Waals surface area contributed by atoms with Crippen molar-refractivity contribution >= 4 is 11.9 Å². The highest BCUT2D eigenvalue weighted by Crippen LogP contribution is 2.08. The van der Waals surface area contributed by atoms with Gasteiger partial charge < -0.3 is 16.0 Å². The highest BCUT2D eigenvalue weighted by molar-refractivity contribution is 5.80. The monoisotopic (exact) mass is 370 g/mol. The van der Waals surface area contributed by atoms with Gasteiger partial charge in [0.1, 0.15) is 5.82 Å². The molecule has 2 aromatic rings. The topological polar surface area (TPSA) is 65.5 Å². The van der Waals surface area contributed by atoms with E-state index in [2.05, 4.69) is 40.0 Å². The number of aliphatic imine (C=N–C) groups is 1. The second-order valence-electron chi connectivity index (χ2n) is 6.13. The molecule has 5 nitrogen and oxygen atoms in total. The SMILES string of the molecule is CCc1ccccc1CNC(=NC)NCCNC(=O)Cc1ccc(F)cc1. The Morgan fingerprint density at radius 1 is 0.963 bits per heavy atom. The van der Waals surface area contributed by atoms with Gasteiger partial charge in [-0.15, -0.1) is 0 Å². The van der Waals surface area contributed by atoms with Crippen LogP contribution < -0.4 is 16.0 Å². The quantitative estimate of drug-likeness (QED) is 0.380. The Morgan fingerprint density at radius 3 is 2.30 bits per heavy atom.